The summed E-state index contributed by atoms with van der Waals surface area (Å²) in [5.74, 6) is 0.365. The lowest BCUT2D eigenvalue weighted by Crippen LogP contribution is -2.38. The van der Waals surface area contributed by atoms with Gasteiger partial charge in [0.25, 0.3) is 5.91 Å². The fourth-order valence-electron chi connectivity index (χ4n) is 3.06. The fraction of sp³-hybridized carbons (Fsp3) is 0.412. The first-order valence-corrected chi connectivity index (χ1v) is 8.31. The van der Waals surface area contributed by atoms with Crippen LogP contribution in [0, 0.1) is 5.92 Å². The van der Waals surface area contributed by atoms with Gasteiger partial charge in [0.05, 0.1) is 6.61 Å². The third kappa shape index (κ3) is 4.00. The Balaban J connectivity index is 1.54. The molecule has 0 atom stereocenters. The number of fused-ring (bicyclic) bond motifs is 1. The minimum Gasteiger partial charge on any atom is -0.451 e. The number of nitrogens with one attached hydrogen (secondary N) is 1. The molecule has 3 rings (SSSR count). The molecule has 6 nitrogen and oxygen atoms in total. The highest BCUT2D eigenvalue weighted by atomic mass is 35.5. The Hall–Kier alpha value is -2.21. The highest BCUT2D eigenvalue weighted by Gasteiger charge is 2.24. The predicted octanol–water partition coefficient (Wildman–Crippen LogP) is 3.47. The number of carbonyl (C=O) groups excluding carboxylic acids is 2. The van der Waals surface area contributed by atoms with Crippen molar-refractivity contribution < 1.29 is 18.7 Å². The molecule has 128 valence electrons. The Morgan fingerprint density at radius 3 is 2.71 bits per heavy atom. The normalized spacial score (nSPS) is 20.7. The molecule has 7 heteroatoms. The number of ether oxygens (including phenoxy) is 1. The first-order valence-electron chi connectivity index (χ1n) is 7.93. The first-order chi connectivity index (χ1) is 11.5. The summed E-state index contributed by atoms with van der Waals surface area (Å²) in [6, 6.07) is 7.03. The molecule has 0 spiro atoms. The Morgan fingerprint density at radius 1 is 1.25 bits per heavy atom. The van der Waals surface area contributed by atoms with Crippen LogP contribution in [0.1, 0.15) is 36.2 Å². The van der Waals surface area contributed by atoms with Gasteiger partial charge in [-0.3, -0.25) is 4.79 Å². The van der Waals surface area contributed by atoms with E-state index in [9.17, 15) is 9.59 Å². The zero-order chi connectivity index (χ0) is 17.1. The summed E-state index contributed by atoms with van der Waals surface area (Å²) in [5.41, 5.74) is 5.61. The van der Waals surface area contributed by atoms with Crippen LogP contribution in [0.2, 0.25) is 5.02 Å². The van der Waals surface area contributed by atoms with Gasteiger partial charge in [0.2, 0.25) is 0 Å². The quantitative estimate of drug-likeness (QED) is 0.882. The molecule has 0 aliphatic heterocycles. The maximum absolute atomic E-state index is 12.3. The van der Waals surface area contributed by atoms with Crippen LogP contribution in [-0.4, -0.2) is 24.6 Å². The summed E-state index contributed by atoms with van der Waals surface area (Å²) in [5, 5.41) is 4.41. The lowest BCUT2D eigenvalue weighted by atomic mass is 9.86. The SMILES string of the molecule is NC(=O)OC[C@H]1CC[C@H](NC(=O)c2cc3cc(Cl)ccc3o2)CC1. The Bertz CT molecular complexity index is 750. The van der Waals surface area contributed by atoms with Gasteiger partial charge in [0.15, 0.2) is 5.76 Å². The summed E-state index contributed by atoms with van der Waals surface area (Å²) in [4.78, 5) is 23.0. The topological polar surface area (TPSA) is 94.6 Å². The summed E-state index contributed by atoms with van der Waals surface area (Å²) in [6.07, 6.45) is 2.70. The van der Waals surface area contributed by atoms with E-state index in [0.717, 1.165) is 31.1 Å². The second kappa shape index (κ2) is 7.13. The first kappa shape index (κ1) is 16.6. The van der Waals surface area contributed by atoms with Crippen LogP contribution in [0.4, 0.5) is 4.79 Å². The molecule has 1 aromatic heterocycles. The van der Waals surface area contributed by atoms with E-state index in [1.54, 1.807) is 24.3 Å². The van der Waals surface area contributed by atoms with Crippen molar-refractivity contribution in [2.45, 2.75) is 31.7 Å². The molecule has 2 aromatic rings. The van der Waals surface area contributed by atoms with E-state index in [4.69, 9.17) is 26.5 Å². The molecule has 0 bridgehead atoms. The van der Waals surface area contributed by atoms with Crippen LogP contribution in [-0.2, 0) is 4.74 Å². The Labute approximate surface area is 144 Å². The Morgan fingerprint density at radius 2 is 2.00 bits per heavy atom. The summed E-state index contributed by atoms with van der Waals surface area (Å²) in [6.45, 7) is 0.348. The van der Waals surface area contributed by atoms with E-state index in [0.29, 0.717) is 23.1 Å². The number of hydrogen-bond acceptors (Lipinski definition) is 4. The molecule has 3 N–H and O–H groups in total. The maximum atomic E-state index is 12.3. The standard InChI is InChI=1S/C17H19ClN2O4/c18-12-3-6-14-11(7-12)8-15(24-14)16(21)20-13-4-1-10(2-5-13)9-23-17(19)22/h3,6-8,10,13H,1-2,4-5,9H2,(H2,19,22)(H,20,21)/t10-,13-. The maximum Gasteiger partial charge on any atom is 0.404 e. The molecule has 0 radical (unpaired) electrons. The van der Waals surface area contributed by atoms with Gasteiger partial charge in [0.1, 0.15) is 5.58 Å². The zero-order valence-electron chi connectivity index (χ0n) is 13.1. The van der Waals surface area contributed by atoms with Gasteiger partial charge in [0, 0.05) is 16.5 Å². The predicted molar refractivity (Wildman–Crippen MR) is 90.0 cm³/mol. The number of hydrogen-bond donors (Lipinski definition) is 2. The third-order valence-corrected chi connectivity index (χ3v) is 4.58. The second-order valence-corrected chi connectivity index (χ2v) is 6.55. The van der Waals surface area contributed by atoms with Crippen molar-refractivity contribution in [2.75, 3.05) is 6.61 Å². The molecule has 0 unspecified atom stereocenters. The number of rotatable bonds is 4. The van der Waals surface area contributed by atoms with E-state index >= 15 is 0 Å². The molecule has 0 saturated heterocycles. The van der Waals surface area contributed by atoms with E-state index in [1.807, 2.05) is 0 Å². The second-order valence-electron chi connectivity index (χ2n) is 6.11. The van der Waals surface area contributed by atoms with Crippen LogP contribution in [0.5, 0.6) is 0 Å². The molecule has 1 aliphatic carbocycles. The molecular formula is C17H19ClN2O4. The smallest absolute Gasteiger partial charge is 0.404 e. The van der Waals surface area contributed by atoms with Crippen molar-refractivity contribution in [3.63, 3.8) is 0 Å². The molecule has 24 heavy (non-hydrogen) atoms. The van der Waals surface area contributed by atoms with Gasteiger partial charge in [-0.05, 0) is 55.9 Å². The average Bonchev–Trinajstić information content (AvgIpc) is 2.97. The number of primary amides is 1. The lowest BCUT2D eigenvalue weighted by Gasteiger charge is -2.28. The minimum absolute atomic E-state index is 0.0964. The van der Waals surface area contributed by atoms with Gasteiger partial charge < -0.3 is 20.2 Å². The van der Waals surface area contributed by atoms with Crippen molar-refractivity contribution in [3.05, 3.63) is 35.0 Å². The van der Waals surface area contributed by atoms with Crippen molar-refractivity contribution in [2.24, 2.45) is 11.7 Å². The number of amides is 2. The van der Waals surface area contributed by atoms with E-state index in [1.165, 1.54) is 0 Å². The van der Waals surface area contributed by atoms with Gasteiger partial charge in [-0.1, -0.05) is 11.6 Å². The van der Waals surface area contributed by atoms with Crippen LogP contribution in [0.25, 0.3) is 11.0 Å². The van der Waals surface area contributed by atoms with Gasteiger partial charge in [-0.15, -0.1) is 0 Å². The highest BCUT2D eigenvalue weighted by molar-refractivity contribution is 6.31. The van der Waals surface area contributed by atoms with Crippen LogP contribution in [0.15, 0.2) is 28.7 Å². The summed E-state index contributed by atoms with van der Waals surface area (Å²) >= 11 is 5.94. The summed E-state index contributed by atoms with van der Waals surface area (Å²) < 4.78 is 10.4. The molecule has 1 aromatic carbocycles. The van der Waals surface area contributed by atoms with E-state index in [-0.39, 0.29) is 17.7 Å². The van der Waals surface area contributed by atoms with E-state index < -0.39 is 6.09 Å². The molecule has 1 saturated carbocycles. The van der Waals surface area contributed by atoms with Crippen molar-refractivity contribution in [1.82, 2.24) is 5.32 Å². The molecule has 1 fully saturated rings. The number of furan rings is 1. The third-order valence-electron chi connectivity index (χ3n) is 4.35. The fourth-order valence-corrected chi connectivity index (χ4v) is 3.24. The zero-order valence-corrected chi connectivity index (χ0v) is 13.8. The number of halogens is 1. The van der Waals surface area contributed by atoms with Crippen molar-refractivity contribution >= 4 is 34.6 Å². The monoisotopic (exact) mass is 350 g/mol. The largest absolute Gasteiger partial charge is 0.451 e. The molecular weight excluding hydrogens is 332 g/mol. The highest BCUT2D eigenvalue weighted by Crippen LogP contribution is 2.26. The molecule has 2 amide bonds. The number of nitrogens with two attached hydrogens (primary N) is 1. The number of carbonyl (C=O) groups is 2. The van der Waals surface area contributed by atoms with Gasteiger partial charge >= 0.3 is 6.09 Å². The van der Waals surface area contributed by atoms with Gasteiger partial charge in [-0.25, -0.2) is 4.79 Å². The van der Waals surface area contributed by atoms with Crippen LogP contribution in [0.3, 0.4) is 0 Å². The van der Waals surface area contributed by atoms with Crippen molar-refractivity contribution in [1.29, 1.82) is 0 Å². The van der Waals surface area contributed by atoms with E-state index in [2.05, 4.69) is 5.32 Å². The van der Waals surface area contributed by atoms with Crippen LogP contribution < -0.4 is 11.1 Å². The minimum atomic E-state index is -0.740. The lowest BCUT2D eigenvalue weighted by molar-refractivity contribution is 0.0880. The molecule has 1 heterocycles. The van der Waals surface area contributed by atoms with Crippen LogP contribution >= 0.6 is 11.6 Å². The van der Waals surface area contributed by atoms with Gasteiger partial charge in [-0.2, -0.15) is 0 Å². The number of benzene rings is 1. The summed E-state index contributed by atoms with van der Waals surface area (Å²) in [7, 11) is 0. The van der Waals surface area contributed by atoms with Crippen molar-refractivity contribution in [3.8, 4) is 0 Å². The average molecular weight is 351 g/mol. The Kier molecular flexibility index (Phi) is 4.94. The molecule has 1 aliphatic rings.